The van der Waals surface area contributed by atoms with Crippen molar-refractivity contribution in [3.63, 3.8) is 0 Å². The molecule has 21 heavy (non-hydrogen) atoms. The van der Waals surface area contributed by atoms with Crippen LogP contribution in [-0.2, 0) is 21.2 Å². The van der Waals surface area contributed by atoms with Crippen LogP contribution in [0.15, 0.2) is 18.2 Å². The fourth-order valence-electron chi connectivity index (χ4n) is 2.60. The minimum atomic E-state index is -2.82. The monoisotopic (exact) mass is 310 g/mol. The summed E-state index contributed by atoms with van der Waals surface area (Å²) >= 11 is 0. The number of anilines is 1. The number of carbonyl (C=O) groups is 1. The molecule has 7 heteroatoms. The maximum absolute atomic E-state index is 11.4. The minimum Gasteiger partial charge on any atom is -0.482 e. The number of ether oxygens (including phenoxy) is 1. The van der Waals surface area contributed by atoms with E-state index in [9.17, 15) is 13.2 Å². The molecule has 0 spiro atoms. The van der Waals surface area contributed by atoms with E-state index in [-0.39, 0.29) is 30.1 Å². The Bertz CT molecular complexity index is 643. The molecule has 1 aromatic rings. The number of hydrogen-bond donors (Lipinski definition) is 2. The van der Waals surface area contributed by atoms with E-state index in [1.165, 1.54) is 0 Å². The van der Waals surface area contributed by atoms with Gasteiger partial charge in [0.25, 0.3) is 5.91 Å². The Hall–Kier alpha value is -1.60. The quantitative estimate of drug-likeness (QED) is 0.858. The number of amides is 1. The standard InChI is InChI=1S/C14H18N2O4S/c17-14-9-20-13-2-1-10(7-12(13)16-14)8-15-11-3-5-21(18,19)6-4-11/h1-2,7,11,15H,3-6,8-9H2,(H,16,17). The van der Waals surface area contributed by atoms with Crippen LogP contribution in [0.4, 0.5) is 5.69 Å². The molecule has 0 atom stereocenters. The van der Waals surface area contributed by atoms with Gasteiger partial charge in [0, 0.05) is 12.6 Å². The number of hydrogen-bond acceptors (Lipinski definition) is 5. The molecule has 1 fully saturated rings. The lowest BCUT2D eigenvalue weighted by molar-refractivity contribution is -0.118. The van der Waals surface area contributed by atoms with Gasteiger partial charge in [0.2, 0.25) is 0 Å². The van der Waals surface area contributed by atoms with E-state index >= 15 is 0 Å². The van der Waals surface area contributed by atoms with Gasteiger partial charge in [-0.2, -0.15) is 0 Å². The van der Waals surface area contributed by atoms with Crippen molar-refractivity contribution in [2.45, 2.75) is 25.4 Å². The van der Waals surface area contributed by atoms with Crippen LogP contribution in [0.1, 0.15) is 18.4 Å². The van der Waals surface area contributed by atoms with Crippen LogP contribution in [0.3, 0.4) is 0 Å². The Balaban J connectivity index is 1.59. The lowest BCUT2D eigenvalue weighted by Gasteiger charge is -2.23. The number of fused-ring (bicyclic) bond motifs is 1. The summed E-state index contributed by atoms with van der Waals surface area (Å²) in [5.74, 6) is 1.06. The van der Waals surface area contributed by atoms with Crippen LogP contribution in [0.25, 0.3) is 0 Å². The van der Waals surface area contributed by atoms with Crippen molar-refractivity contribution < 1.29 is 17.9 Å². The van der Waals surface area contributed by atoms with E-state index in [0.717, 1.165) is 5.56 Å². The summed E-state index contributed by atoms with van der Waals surface area (Å²) in [6, 6.07) is 5.91. The molecule has 0 radical (unpaired) electrons. The van der Waals surface area contributed by atoms with Gasteiger partial charge in [-0.05, 0) is 30.5 Å². The number of nitrogens with one attached hydrogen (secondary N) is 2. The highest BCUT2D eigenvalue weighted by atomic mass is 32.2. The lowest BCUT2D eigenvalue weighted by Crippen LogP contribution is -2.37. The van der Waals surface area contributed by atoms with Crippen molar-refractivity contribution in [1.82, 2.24) is 5.32 Å². The van der Waals surface area contributed by atoms with Gasteiger partial charge < -0.3 is 15.4 Å². The van der Waals surface area contributed by atoms with Gasteiger partial charge >= 0.3 is 0 Å². The predicted molar refractivity (Wildman–Crippen MR) is 79.1 cm³/mol. The van der Waals surface area contributed by atoms with E-state index in [1.54, 1.807) is 0 Å². The Kier molecular flexibility index (Phi) is 3.86. The van der Waals surface area contributed by atoms with Crippen molar-refractivity contribution in [2.75, 3.05) is 23.4 Å². The Morgan fingerprint density at radius 2 is 2.05 bits per heavy atom. The number of benzene rings is 1. The highest BCUT2D eigenvalue weighted by molar-refractivity contribution is 7.91. The van der Waals surface area contributed by atoms with E-state index in [0.29, 0.717) is 30.8 Å². The molecule has 1 amide bonds. The maximum Gasteiger partial charge on any atom is 0.262 e. The molecule has 3 rings (SSSR count). The second kappa shape index (κ2) is 5.65. The van der Waals surface area contributed by atoms with Crippen LogP contribution in [-0.4, -0.2) is 38.5 Å². The molecule has 1 saturated heterocycles. The first-order valence-electron chi connectivity index (χ1n) is 7.01. The van der Waals surface area contributed by atoms with Gasteiger partial charge in [-0.25, -0.2) is 8.42 Å². The van der Waals surface area contributed by atoms with Gasteiger partial charge in [-0.3, -0.25) is 4.79 Å². The molecule has 114 valence electrons. The molecular weight excluding hydrogens is 292 g/mol. The minimum absolute atomic E-state index is 0.0567. The van der Waals surface area contributed by atoms with Crippen LogP contribution in [0, 0.1) is 0 Å². The average molecular weight is 310 g/mol. The van der Waals surface area contributed by atoms with Crippen LogP contribution < -0.4 is 15.4 Å². The second-order valence-electron chi connectivity index (χ2n) is 5.47. The Morgan fingerprint density at radius 1 is 1.29 bits per heavy atom. The molecule has 2 heterocycles. The summed E-state index contributed by atoms with van der Waals surface area (Å²) in [5, 5.41) is 6.15. The number of carbonyl (C=O) groups excluding carboxylic acids is 1. The molecule has 1 aromatic carbocycles. The van der Waals surface area contributed by atoms with Gasteiger partial charge in [0.1, 0.15) is 15.6 Å². The molecule has 2 aliphatic rings. The average Bonchev–Trinajstić information content (AvgIpc) is 2.45. The zero-order valence-corrected chi connectivity index (χ0v) is 12.4. The van der Waals surface area contributed by atoms with E-state index < -0.39 is 9.84 Å². The van der Waals surface area contributed by atoms with Crippen LogP contribution in [0.5, 0.6) is 5.75 Å². The zero-order valence-electron chi connectivity index (χ0n) is 11.6. The summed E-state index contributed by atoms with van der Waals surface area (Å²) in [6.45, 7) is 0.703. The van der Waals surface area contributed by atoms with Crippen molar-refractivity contribution in [2.24, 2.45) is 0 Å². The molecule has 0 saturated carbocycles. The third-order valence-corrected chi connectivity index (χ3v) is 5.54. The summed E-state index contributed by atoms with van der Waals surface area (Å²) in [6.07, 6.45) is 1.32. The number of sulfone groups is 1. The Morgan fingerprint density at radius 3 is 2.81 bits per heavy atom. The second-order valence-corrected chi connectivity index (χ2v) is 7.78. The first-order valence-corrected chi connectivity index (χ1v) is 8.83. The van der Waals surface area contributed by atoms with Crippen molar-refractivity contribution in [3.05, 3.63) is 23.8 Å². The van der Waals surface area contributed by atoms with Gasteiger partial charge in [0.15, 0.2) is 6.61 Å². The highest BCUT2D eigenvalue weighted by Crippen LogP contribution is 2.28. The molecule has 2 aliphatic heterocycles. The maximum atomic E-state index is 11.4. The van der Waals surface area contributed by atoms with Gasteiger partial charge in [0.05, 0.1) is 17.2 Å². The largest absolute Gasteiger partial charge is 0.482 e. The Labute approximate surface area is 123 Å². The zero-order chi connectivity index (χ0) is 14.9. The van der Waals surface area contributed by atoms with Crippen LogP contribution >= 0.6 is 0 Å². The third kappa shape index (κ3) is 3.54. The fraction of sp³-hybridized carbons (Fsp3) is 0.500. The summed E-state index contributed by atoms with van der Waals surface area (Å²) in [4.78, 5) is 11.3. The van der Waals surface area contributed by atoms with Gasteiger partial charge in [-0.15, -0.1) is 0 Å². The van der Waals surface area contributed by atoms with E-state index in [1.807, 2.05) is 18.2 Å². The van der Waals surface area contributed by atoms with E-state index in [2.05, 4.69) is 10.6 Å². The fourth-order valence-corrected chi connectivity index (χ4v) is 4.09. The summed E-state index contributed by atoms with van der Waals surface area (Å²) < 4.78 is 28.1. The van der Waals surface area contributed by atoms with Crippen LogP contribution in [0.2, 0.25) is 0 Å². The summed E-state index contributed by atoms with van der Waals surface area (Å²) in [7, 11) is -2.82. The normalized spacial score (nSPS) is 21.2. The molecule has 0 unspecified atom stereocenters. The molecule has 0 aliphatic carbocycles. The molecule has 2 N–H and O–H groups in total. The molecular formula is C14H18N2O4S. The smallest absolute Gasteiger partial charge is 0.262 e. The molecule has 0 bridgehead atoms. The highest BCUT2D eigenvalue weighted by Gasteiger charge is 2.23. The lowest BCUT2D eigenvalue weighted by atomic mass is 10.1. The molecule has 6 nitrogen and oxygen atoms in total. The molecule has 0 aromatic heterocycles. The third-order valence-electron chi connectivity index (χ3n) is 3.83. The van der Waals surface area contributed by atoms with Crippen molar-refractivity contribution in [1.29, 1.82) is 0 Å². The first-order chi connectivity index (χ1) is 10.0. The van der Waals surface area contributed by atoms with Crippen molar-refractivity contribution in [3.8, 4) is 5.75 Å². The SMILES string of the molecule is O=C1COc2ccc(CNC3CCS(=O)(=O)CC3)cc2N1. The summed E-state index contributed by atoms with van der Waals surface area (Å²) in [5.41, 5.74) is 1.73. The first kappa shape index (κ1) is 14.3. The predicted octanol–water partition coefficient (Wildman–Crippen LogP) is 0.684. The number of rotatable bonds is 3. The van der Waals surface area contributed by atoms with Gasteiger partial charge in [-0.1, -0.05) is 6.07 Å². The topological polar surface area (TPSA) is 84.5 Å². The van der Waals surface area contributed by atoms with Crippen molar-refractivity contribution >= 4 is 21.4 Å². The van der Waals surface area contributed by atoms with E-state index in [4.69, 9.17) is 4.74 Å².